The summed E-state index contributed by atoms with van der Waals surface area (Å²) in [6.07, 6.45) is -5.43. The Labute approximate surface area is 133 Å². The van der Waals surface area contributed by atoms with Gasteiger partial charge in [0.15, 0.2) is 12.4 Å². The zero-order chi connectivity index (χ0) is 15.3. The van der Waals surface area contributed by atoms with E-state index in [1.54, 1.807) is 0 Å². The zero-order valence-corrected chi connectivity index (χ0v) is 12.6. The van der Waals surface area contributed by atoms with E-state index in [1.165, 1.54) is 16.7 Å². The first-order valence-electron chi connectivity index (χ1n) is 6.05. The van der Waals surface area contributed by atoms with Crippen LogP contribution in [0.1, 0.15) is 6.23 Å². The number of aromatic nitrogens is 2. The summed E-state index contributed by atoms with van der Waals surface area (Å²) in [5.41, 5.74) is 0.886. The summed E-state index contributed by atoms with van der Waals surface area (Å²) in [5.74, 6) is 0. The second-order valence-corrected chi connectivity index (χ2v) is 5.84. The van der Waals surface area contributed by atoms with Gasteiger partial charge in [0.25, 0.3) is 0 Å². The SMILES string of the molecule is OCC1OC(n2c(Cl)nc3cc(Cl)c(Cl)cc32)C(O)C1F. The molecule has 2 heterocycles. The van der Waals surface area contributed by atoms with Crippen LogP contribution >= 0.6 is 34.8 Å². The molecule has 4 atom stereocenters. The molecule has 1 aliphatic rings. The van der Waals surface area contributed by atoms with E-state index in [2.05, 4.69) is 4.98 Å². The maximum atomic E-state index is 13.8. The predicted octanol–water partition coefficient (Wildman–Crippen LogP) is 2.59. The van der Waals surface area contributed by atoms with Crippen molar-refractivity contribution in [2.45, 2.75) is 24.6 Å². The zero-order valence-electron chi connectivity index (χ0n) is 10.4. The molecule has 5 nitrogen and oxygen atoms in total. The molecule has 1 aromatic heterocycles. The van der Waals surface area contributed by atoms with Crippen molar-refractivity contribution in [1.82, 2.24) is 9.55 Å². The van der Waals surface area contributed by atoms with Crippen molar-refractivity contribution in [2.75, 3.05) is 6.61 Å². The fourth-order valence-corrected chi connectivity index (χ4v) is 2.97. The van der Waals surface area contributed by atoms with Gasteiger partial charge in [-0.3, -0.25) is 4.57 Å². The lowest BCUT2D eigenvalue weighted by Gasteiger charge is -2.17. The van der Waals surface area contributed by atoms with Gasteiger partial charge in [-0.05, 0) is 23.7 Å². The molecule has 1 saturated heterocycles. The van der Waals surface area contributed by atoms with Crippen LogP contribution in [0.5, 0.6) is 0 Å². The van der Waals surface area contributed by atoms with Crippen LogP contribution in [0.15, 0.2) is 12.1 Å². The molecule has 3 rings (SSSR count). The standard InChI is InChI=1S/C12H10Cl3FN2O3/c13-4-1-6-7(2-5(4)14)18(12(15)17-6)11-10(20)9(16)8(3-19)21-11/h1-2,8-11,19-20H,3H2. The first kappa shape index (κ1) is 15.3. The second kappa shape index (κ2) is 5.53. The van der Waals surface area contributed by atoms with Gasteiger partial charge in [0, 0.05) is 0 Å². The van der Waals surface area contributed by atoms with Crippen molar-refractivity contribution in [2.24, 2.45) is 0 Å². The van der Waals surface area contributed by atoms with Crippen molar-refractivity contribution in [3.8, 4) is 0 Å². The predicted molar refractivity (Wildman–Crippen MR) is 76.7 cm³/mol. The summed E-state index contributed by atoms with van der Waals surface area (Å²) >= 11 is 17.9. The van der Waals surface area contributed by atoms with Gasteiger partial charge in [-0.15, -0.1) is 0 Å². The molecule has 0 bridgehead atoms. The number of nitrogens with zero attached hydrogens (tertiary/aromatic N) is 2. The number of alkyl halides is 1. The minimum atomic E-state index is -1.73. The summed E-state index contributed by atoms with van der Waals surface area (Å²) in [6.45, 7) is -0.550. The molecule has 0 aliphatic carbocycles. The van der Waals surface area contributed by atoms with Gasteiger partial charge in [0.2, 0.25) is 5.28 Å². The Hall–Kier alpha value is -0.630. The number of hydrogen-bond donors (Lipinski definition) is 2. The van der Waals surface area contributed by atoms with Crippen molar-refractivity contribution in [3.63, 3.8) is 0 Å². The molecular weight excluding hydrogens is 346 g/mol. The molecule has 1 aliphatic heterocycles. The fourth-order valence-electron chi connectivity index (χ4n) is 2.37. The average Bonchev–Trinajstić information content (AvgIpc) is 2.89. The Kier molecular flexibility index (Phi) is 4.02. The van der Waals surface area contributed by atoms with E-state index in [0.29, 0.717) is 16.1 Å². The van der Waals surface area contributed by atoms with Crippen molar-refractivity contribution in [1.29, 1.82) is 0 Å². The van der Waals surface area contributed by atoms with Crippen molar-refractivity contribution >= 4 is 45.8 Å². The third-order valence-corrected chi connectivity index (χ3v) is 4.40. The molecule has 0 spiro atoms. The van der Waals surface area contributed by atoms with Crippen LogP contribution in [-0.4, -0.2) is 44.8 Å². The lowest BCUT2D eigenvalue weighted by molar-refractivity contribution is -0.0491. The summed E-state index contributed by atoms with van der Waals surface area (Å²) in [4.78, 5) is 4.08. The Balaban J connectivity index is 2.12. The van der Waals surface area contributed by atoms with E-state index in [0.717, 1.165) is 0 Å². The lowest BCUT2D eigenvalue weighted by Crippen LogP contribution is -2.29. The van der Waals surface area contributed by atoms with Crippen LogP contribution in [0.25, 0.3) is 11.0 Å². The van der Waals surface area contributed by atoms with E-state index in [-0.39, 0.29) is 10.3 Å². The minimum Gasteiger partial charge on any atom is -0.394 e. The largest absolute Gasteiger partial charge is 0.394 e. The van der Waals surface area contributed by atoms with E-state index >= 15 is 0 Å². The van der Waals surface area contributed by atoms with E-state index in [9.17, 15) is 9.50 Å². The maximum absolute atomic E-state index is 13.8. The van der Waals surface area contributed by atoms with Crippen LogP contribution < -0.4 is 0 Å². The quantitative estimate of drug-likeness (QED) is 0.869. The number of aliphatic hydroxyl groups is 2. The third kappa shape index (κ3) is 2.40. The molecule has 1 aromatic carbocycles. The third-order valence-electron chi connectivity index (χ3n) is 3.41. The van der Waals surface area contributed by atoms with Gasteiger partial charge in [0.1, 0.15) is 12.2 Å². The molecule has 21 heavy (non-hydrogen) atoms. The van der Waals surface area contributed by atoms with Crippen LogP contribution in [-0.2, 0) is 4.74 Å². The summed E-state index contributed by atoms with van der Waals surface area (Å²) in [6, 6.07) is 3.02. The number of benzene rings is 1. The highest BCUT2D eigenvalue weighted by atomic mass is 35.5. The molecule has 1 fully saturated rings. The van der Waals surface area contributed by atoms with Gasteiger partial charge in [-0.1, -0.05) is 23.2 Å². The van der Waals surface area contributed by atoms with Gasteiger partial charge in [0.05, 0.1) is 27.7 Å². The molecule has 0 radical (unpaired) electrons. The van der Waals surface area contributed by atoms with Crippen molar-refractivity contribution < 1.29 is 19.3 Å². The minimum absolute atomic E-state index is 0.00169. The molecular formula is C12H10Cl3FN2O3. The number of hydrogen-bond acceptors (Lipinski definition) is 4. The van der Waals surface area contributed by atoms with Crippen LogP contribution in [0.2, 0.25) is 15.3 Å². The Morgan fingerprint density at radius 1 is 1.29 bits per heavy atom. The van der Waals surface area contributed by atoms with Crippen LogP contribution in [0.4, 0.5) is 4.39 Å². The van der Waals surface area contributed by atoms with E-state index in [1.807, 2.05) is 0 Å². The molecule has 2 N–H and O–H groups in total. The topological polar surface area (TPSA) is 67.5 Å². The van der Waals surface area contributed by atoms with E-state index in [4.69, 9.17) is 44.6 Å². The smallest absolute Gasteiger partial charge is 0.206 e. The Bertz CT molecular complexity index is 696. The highest BCUT2D eigenvalue weighted by Crippen LogP contribution is 2.37. The summed E-state index contributed by atoms with van der Waals surface area (Å²) in [5, 5.41) is 19.6. The number of imidazole rings is 1. The summed E-state index contributed by atoms with van der Waals surface area (Å²) < 4.78 is 20.5. The number of ether oxygens (including phenoxy) is 1. The number of aliphatic hydroxyl groups excluding tert-OH is 2. The highest BCUT2D eigenvalue weighted by Gasteiger charge is 2.45. The average molecular weight is 356 g/mol. The molecule has 9 heteroatoms. The fraction of sp³-hybridized carbons (Fsp3) is 0.417. The first-order chi connectivity index (χ1) is 9.93. The van der Waals surface area contributed by atoms with Crippen LogP contribution in [0, 0.1) is 0 Å². The Morgan fingerprint density at radius 3 is 2.57 bits per heavy atom. The van der Waals surface area contributed by atoms with Gasteiger partial charge >= 0.3 is 0 Å². The lowest BCUT2D eigenvalue weighted by atomic mass is 10.1. The Morgan fingerprint density at radius 2 is 1.95 bits per heavy atom. The molecule has 0 amide bonds. The molecule has 114 valence electrons. The number of halogens is 4. The highest BCUT2D eigenvalue weighted by molar-refractivity contribution is 6.42. The van der Waals surface area contributed by atoms with E-state index < -0.39 is 31.2 Å². The molecule has 0 saturated carbocycles. The normalized spacial score (nSPS) is 29.4. The number of rotatable bonds is 2. The maximum Gasteiger partial charge on any atom is 0.206 e. The molecule has 4 unspecified atom stereocenters. The monoisotopic (exact) mass is 354 g/mol. The van der Waals surface area contributed by atoms with Gasteiger partial charge in [-0.2, -0.15) is 0 Å². The first-order valence-corrected chi connectivity index (χ1v) is 7.18. The second-order valence-electron chi connectivity index (χ2n) is 4.69. The van der Waals surface area contributed by atoms with Gasteiger partial charge in [-0.25, -0.2) is 9.37 Å². The van der Waals surface area contributed by atoms with Gasteiger partial charge < -0.3 is 14.9 Å². The number of fused-ring (bicyclic) bond motifs is 1. The van der Waals surface area contributed by atoms with Crippen molar-refractivity contribution in [3.05, 3.63) is 27.5 Å². The summed E-state index contributed by atoms with van der Waals surface area (Å²) in [7, 11) is 0. The molecule has 2 aromatic rings. The van der Waals surface area contributed by atoms with Crippen LogP contribution in [0.3, 0.4) is 0 Å².